The Balaban J connectivity index is 2.88. The third kappa shape index (κ3) is 6.68. The first-order chi connectivity index (χ1) is 10.8. The highest BCUT2D eigenvalue weighted by molar-refractivity contribution is 7.89. The van der Waals surface area contributed by atoms with E-state index < -0.39 is 28.1 Å². The van der Waals surface area contributed by atoms with Crippen LogP contribution in [0.2, 0.25) is 0 Å². The van der Waals surface area contributed by atoms with Crippen molar-refractivity contribution in [3.05, 3.63) is 30.3 Å². The van der Waals surface area contributed by atoms with Gasteiger partial charge in [0.15, 0.2) is 0 Å². The summed E-state index contributed by atoms with van der Waals surface area (Å²) < 4.78 is 37.4. The Bertz CT molecular complexity index is 586. The number of rotatable bonds is 9. The monoisotopic (exact) mass is 343 g/mol. The Labute approximate surface area is 138 Å². The van der Waals surface area contributed by atoms with Crippen LogP contribution in [0.1, 0.15) is 27.2 Å². The summed E-state index contributed by atoms with van der Waals surface area (Å²) in [6.07, 6.45) is -0.0895. The molecule has 23 heavy (non-hydrogen) atoms. The van der Waals surface area contributed by atoms with Gasteiger partial charge in [-0.1, -0.05) is 32.0 Å². The van der Waals surface area contributed by atoms with Gasteiger partial charge in [0.05, 0.1) is 11.5 Å². The quantitative estimate of drug-likeness (QED) is 0.693. The molecule has 1 rings (SSSR count). The van der Waals surface area contributed by atoms with Crippen molar-refractivity contribution in [2.75, 3.05) is 13.7 Å². The molecule has 0 fully saturated rings. The number of hydrogen-bond acceptors (Lipinski definition) is 5. The maximum absolute atomic E-state index is 12.4. The highest BCUT2D eigenvalue weighted by atomic mass is 32.2. The molecule has 1 N–H and O–H groups in total. The number of methoxy groups -OCH3 is 1. The smallest absolute Gasteiger partial charge is 0.324 e. The Morgan fingerprint density at radius 1 is 1.17 bits per heavy atom. The predicted molar refractivity (Wildman–Crippen MR) is 87.4 cm³/mol. The van der Waals surface area contributed by atoms with Gasteiger partial charge in [0.2, 0.25) is 10.0 Å². The molecule has 0 aliphatic carbocycles. The van der Waals surface area contributed by atoms with Gasteiger partial charge in [-0.3, -0.25) is 4.79 Å². The van der Waals surface area contributed by atoms with Crippen LogP contribution in [0.25, 0.3) is 0 Å². The van der Waals surface area contributed by atoms with Gasteiger partial charge in [-0.15, -0.1) is 0 Å². The second-order valence-corrected chi connectivity index (χ2v) is 7.53. The fraction of sp³-hybridized carbons (Fsp3) is 0.562. The molecule has 1 unspecified atom stereocenters. The minimum atomic E-state index is -3.78. The topological polar surface area (TPSA) is 81.7 Å². The van der Waals surface area contributed by atoms with Gasteiger partial charge >= 0.3 is 5.97 Å². The van der Waals surface area contributed by atoms with Crippen LogP contribution >= 0.6 is 0 Å². The molecule has 0 amide bonds. The standard InChI is InChI=1S/C16H25NO5S/c1-12(2)10-15(16(18)22-13(3)11-21-4)17-23(19,20)14-8-6-5-7-9-14/h5-9,12-13,15,17H,10-11H2,1-4H3/t13?,15-/m0/s1. The molecular formula is C16H25NO5S. The molecule has 1 aromatic carbocycles. The van der Waals surface area contributed by atoms with E-state index in [1.165, 1.54) is 19.2 Å². The number of sulfonamides is 1. The van der Waals surface area contributed by atoms with Gasteiger partial charge in [-0.25, -0.2) is 8.42 Å². The van der Waals surface area contributed by atoms with Crippen molar-refractivity contribution in [1.82, 2.24) is 4.72 Å². The molecule has 6 nitrogen and oxygen atoms in total. The second-order valence-electron chi connectivity index (χ2n) is 5.82. The van der Waals surface area contributed by atoms with Crippen molar-refractivity contribution in [1.29, 1.82) is 0 Å². The number of ether oxygens (including phenoxy) is 2. The lowest BCUT2D eigenvalue weighted by Gasteiger charge is -2.21. The molecule has 0 radical (unpaired) electrons. The third-order valence-electron chi connectivity index (χ3n) is 3.06. The molecule has 1 aromatic rings. The molecule has 2 atom stereocenters. The van der Waals surface area contributed by atoms with Crippen LogP contribution in [0.15, 0.2) is 35.2 Å². The number of carbonyl (C=O) groups excluding carboxylic acids is 1. The average molecular weight is 343 g/mol. The van der Waals surface area contributed by atoms with Crippen molar-refractivity contribution in [2.45, 2.75) is 44.2 Å². The fourth-order valence-corrected chi connectivity index (χ4v) is 3.29. The van der Waals surface area contributed by atoms with Gasteiger partial charge in [0, 0.05) is 7.11 Å². The van der Waals surface area contributed by atoms with Crippen LogP contribution in [0.3, 0.4) is 0 Å². The first-order valence-electron chi connectivity index (χ1n) is 7.53. The second kappa shape index (κ2) is 9.00. The van der Waals surface area contributed by atoms with Crippen LogP contribution in [-0.4, -0.2) is 40.2 Å². The zero-order chi connectivity index (χ0) is 17.5. The minimum absolute atomic E-state index is 0.117. The Kier molecular flexibility index (Phi) is 7.67. The summed E-state index contributed by atoms with van der Waals surface area (Å²) in [5.74, 6) is -0.466. The lowest BCUT2D eigenvalue weighted by atomic mass is 10.0. The summed E-state index contributed by atoms with van der Waals surface area (Å²) in [6, 6.07) is 7.02. The fourth-order valence-electron chi connectivity index (χ4n) is 2.07. The van der Waals surface area contributed by atoms with Crippen LogP contribution in [0, 0.1) is 5.92 Å². The van der Waals surface area contributed by atoms with Crippen molar-refractivity contribution < 1.29 is 22.7 Å². The zero-order valence-corrected chi connectivity index (χ0v) is 14.8. The maximum atomic E-state index is 12.4. The summed E-state index contributed by atoms with van der Waals surface area (Å²) in [5, 5.41) is 0. The molecule has 0 aliphatic rings. The van der Waals surface area contributed by atoms with Gasteiger partial charge in [-0.05, 0) is 31.4 Å². The van der Waals surface area contributed by atoms with E-state index in [9.17, 15) is 13.2 Å². The van der Waals surface area contributed by atoms with Crippen LogP contribution in [0.4, 0.5) is 0 Å². The SMILES string of the molecule is COCC(C)OC(=O)[C@H](CC(C)C)NS(=O)(=O)c1ccccc1. The van der Waals surface area contributed by atoms with Gasteiger partial charge < -0.3 is 9.47 Å². The normalized spacial score (nSPS) is 14.5. The largest absolute Gasteiger partial charge is 0.459 e. The Hall–Kier alpha value is -1.44. The average Bonchev–Trinajstić information content (AvgIpc) is 2.47. The Morgan fingerprint density at radius 3 is 2.30 bits per heavy atom. The summed E-state index contributed by atoms with van der Waals surface area (Å²) in [7, 11) is -2.27. The van der Waals surface area contributed by atoms with E-state index in [1.807, 2.05) is 13.8 Å². The van der Waals surface area contributed by atoms with Gasteiger partial charge in [-0.2, -0.15) is 4.72 Å². The van der Waals surface area contributed by atoms with Crippen molar-refractivity contribution in [3.8, 4) is 0 Å². The molecular weight excluding hydrogens is 318 g/mol. The maximum Gasteiger partial charge on any atom is 0.324 e. The van der Waals surface area contributed by atoms with Crippen LogP contribution in [-0.2, 0) is 24.3 Å². The van der Waals surface area contributed by atoms with Gasteiger partial charge in [0.1, 0.15) is 12.1 Å². The molecule has 0 spiro atoms. The molecule has 0 heterocycles. The first kappa shape index (κ1) is 19.6. The molecule has 0 aromatic heterocycles. The van der Waals surface area contributed by atoms with Crippen LogP contribution in [0.5, 0.6) is 0 Å². The summed E-state index contributed by atoms with van der Waals surface area (Å²) in [5.41, 5.74) is 0. The number of carbonyl (C=O) groups is 1. The van der Waals surface area contributed by atoms with E-state index in [4.69, 9.17) is 9.47 Å². The third-order valence-corrected chi connectivity index (χ3v) is 4.55. The zero-order valence-electron chi connectivity index (χ0n) is 14.0. The van der Waals surface area contributed by atoms with Crippen LogP contribution < -0.4 is 4.72 Å². The lowest BCUT2D eigenvalue weighted by molar-refractivity contribution is -0.153. The number of hydrogen-bond donors (Lipinski definition) is 1. The number of esters is 1. The highest BCUT2D eigenvalue weighted by Gasteiger charge is 2.28. The molecule has 0 saturated carbocycles. The number of nitrogens with one attached hydrogen (secondary N) is 1. The van der Waals surface area contributed by atoms with Gasteiger partial charge in [0.25, 0.3) is 0 Å². The summed E-state index contributed by atoms with van der Waals surface area (Å²) in [4.78, 5) is 12.4. The van der Waals surface area contributed by atoms with E-state index in [0.29, 0.717) is 6.42 Å². The highest BCUT2D eigenvalue weighted by Crippen LogP contribution is 2.13. The molecule has 0 bridgehead atoms. The van der Waals surface area contributed by atoms with Crippen molar-refractivity contribution >= 4 is 16.0 Å². The number of benzene rings is 1. The summed E-state index contributed by atoms with van der Waals surface area (Å²) in [6.45, 7) is 5.77. The predicted octanol–water partition coefficient (Wildman–Crippen LogP) is 1.96. The van der Waals surface area contributed by atoms with Crippen molar-refractivity contribution in [2.24, 2.45) is 5.92 Å². The first-order valence-corrected chi connectivity index (χ1v) is 9.01. The lowest BCUT2D eigenvalue weighted by Crippen LogP contribution is -2.43. The van der Waals surface area contributed by atoms with E-state index >= 15 is 0 Å². The van der Waals surface area contributed by atoms with E-state index in [1.54, 1.807) is 25.1 Å². The minimum Gasteiger partial charge on any atom is -0.459 e. The molecule has 130 valence electrons. The molecule has 0 saturated heterocycles. The Morgan fingerprint density at radius 2 is 1.78 bits per heavy atom. The molecule has 7 heteroatoms. The van der Waals surface area contributed by atoms with E-state index in [-0.39, 0.29) is 17.4 Å². The summed E-state index contributed by atoms with van der Waals surface area (Å²) >= 11 is 0. The van der Waals surface area contributed by atoms with E-state index in [0.717, 1.165) is 0 Å². The molecule has 0 aliphatic heterocycles. The van der Waals surface area contributed by atoms with Crippen molar-refractivity contribution in [3.63, 3.8) is 0 Å². The van der Waals surface area contributed by atoms with E-state index in [2.05, 4.69) is 4.72 Å².